The van der Waals surface area contributed by atoms with E-state index in [-0.39, 0.29) is 31.0 Å². The summed E-state index contributed by atoms with van der Waals surface area (Å²) >= 11 is 1.06. The number of fused-ring (bicyclic) bond motifs is 1. The SMILES string of the molecule is CCOC1OC(=O)CC1NC(=O)CN1CC(C(N)=O)SCC(OC(=O)c2nccc3ccccc23)C1=O. The van der Waals surface area contributed by atoms with Gasteiger partial charge >= 0.3 is 11.9 Å². The quantitative estimate of drug-likeness (QED) is 0.443. The molecule has 1 aromatic heterocycles. The molecule has 4 unspecified atom stereocenters. The van der Waals surface area contributed by atoms with E-state index in [0.29, 0.717) is 5.39 Å². The number of amides is 3. The lowest BCUT2D eigenvalue weighted by atomic mass is 10.1. The lowest BCUT2D eigenvalue weighted by Crippen LogP contribution is -2.51. The Morgan fingerprint density at radius 3 is 2.78 bits per heavy atom. The average molecular weight is 531 g/mol. The Morgan fingerprint density at radius 1 is 1.24 bits per heavy atom. The van der Waals surface area contributed by atoms with Crippen LogP contribution in [0.25, 0.3) is 10.8 Å². The predicted molar refractivity (Wildman–Crippen MR) is 131 cm³/mol. The van der Waals surface area contributed by atoms with E-state index in [1.54, 1.807) is 25.1 Å². The van der Waals surface area contributed by atoms with Crippen molar-refractivity contribution < 1.29 is 38.2 Å². The largest absolute Gasteiger partial charge is 0.447 e. The number of benzene rings is 1. The summed E-state index contributed by atoms with van der Waals surface area (Å²) in [7, 11) is 0. The highest BCUT2D eigenvalue weighted by atomic mass is 32.2. The van der Waals surface area contributed by atoms with E-state index in [2.05, 4.69) is 10.3 Å². The minimum atomic E-state index is -1.28. The van der Waals surface area contributed by atoms with Crippen LogP contribution in [0.15, 0.2) is 36.5 Å². The summed E-state index contributed by atoms with van der Waals surface area (Å²) in [4.78, 5) is 67.9. The Kier molecular flexibility index (Phi) is 8.24. The zero-order valence-electron chi connectivity index (χ0n) is 20.0. The van der Waals surface area contributed by atoms with Gasteiger partial charge in [-0.3, -0.25) is 19.2 Å². The molecule has 0 spiro atoms. The van der Waals surface area contributed by atoms with Gasteiger partial charge in [-0.25, -0.2) is 9.78 Å². The fourth-order valence-corrected chi connectivity index (χ4v) is 5.15. The van der Waals surface area contributed by atoms with E-state index >= 15 is 0 Å². The number of thioether (sulfide) groups is 1. The molecule has 0 bridgehead atoms. The molecule has 0 saturated carbocycles. The summed E-state index contributed by atoms with van der Waals surface area (Å²) < 4.78 is 15.9. The number of ether oxygens (including phenoxy) is 3. The van der Waals surface area contributed by atoms with E-state index in [1.165, 1.54) is 6.20 Å². The van der Waals surface area contributed by atoms with Gasteiger partial charge in [0.2, 0.25) is 18.1 Å². The molecule has 2 aliphatic rings. The monoisotopic (exact) mass is 530 g/mol. The second-order valence-corrected chi connectivity index (χ2v) is 9.65. The van der Waals surface area contributed by atoms with Crippen molar-refractivity contribution in [2.45, 2.75) is 37.0 Å². The normalized spacial score (nSPS) is 23.9. The van der Waals surface area contributed by atoms with Crippen LogP contribution in [0.2, 0.25) is 0 Å². The molecule has 1 aromatic carbocycles. The van der Waals surface area contributed by atoms with Gasteiger partial charge in [-0.1, -0.05) is 24.3 Å². The molecular formula is C24H26N4O8S. The van der Waals surface area contributed by atoms with Crippen LogP contribution in [-0.2, 0) is 33.4 Å². The summed E-state index contributed by atoms with van der Waals surface area (Å²) in [6, 6.07) is 8.13. The van der Waals surface area contributed by atoms with Gasteiger partial charge in [0, 0.05) is 30.5 Å². The van der Waals surface area contributed by atoms with E-state index in [1.807, 2.05) is 12.1 Å². The molecule has 4 atom stereocenters. The number of nitrogens with two attached hydrogens (primary N) is 1. The fraction of sp³-hybridized carbons (Fsp3) is 0.417. The van der Waals surface area contributed by atoms with Crippen LogP contribution < -0.4 is 11.1 Å². The van der Waals surface area contributed by atoms with Crippen molar-refractivity contribution in [1.29, 1.82) is 0 Å². The molecule has 0 radical (unpaired) electrons. The van der Waals surface area contributed by atoms with Crippen molar-refractivity contribution in [2.75, 3.05) is 25.4 Å². The molecule has 12 nitrogen and oxygen atoms in total. The first-order valence-electron chi connectivity index (χ1n) is 11.6. The summed E-state index contributed by atoms with van der Waals surface area (Å²) in [5.41, 5.74) is 5.53. The van der Waals surface area contributed by atoms with Gasteiger partial charge in [-0.2, -0.15) is 0 Å². The molecule has 2 aliphatic heterocycles. The maximum Gasteiger partial charge on any atom is 0.358 e. The van der Waals surface area contributed by atoms with Gasteiger partial charge in [0.25, 0.3) is 5.91 Å². The number of primary amides is 1. The molecule has 0 aliphatic carbocycles. The number of carbonyl (C=O) groups excluding carboxylic acids is 5. The number of pyridine rings is 1. The van der Waals surface area contributed by atoms with E-state index in [9.17, 15) is 24.0 Å². The highest BCUT2D eigenvalue weighted by Gasteiger charge is 2.39. The fourth-order valence-electron chi connectivity index (χ4n) is 4.08. The number of aromatic nitrogens is 1. The number of hydrogen-bond acceptors (Lipinski definition) is 10. The number of esters is 2. The first-order chi connectivity index (χ1) is 17.8. The molecule has 2 saturated heterocycles. The summed E-state index contributed by atoms with van der Waals surface area (Å²) in [5, 5.41) is 3.16. The number of nitrogens with zero attached hydrogens (tertiary/aromatic N) is 2. The van der Waals surface area contributed by atoms with Gasteiger partial charge in [0.05, 0.1) is 13.0 Å². The molecule has 2 aromatic rings. The Labute approximate surface area is 216 Å². The van der Waals surface area contributed by atoms with Crippen molar-refractivity contribution in [3.63, 3.8) is 0 Å². The average Bonchev–Trinajstić information content (AvgIpc) is 3.13. The number of rotatable bonds is 8. The molecule has 37 heavy (non-hydrogen) atoms. The van der Waals surface area contributed by atoms with Gasteiger partial charge in [0.1, 0.15) is 11.3 Å². The molecule has 4 rings (SSSR count). The first kappa shape index (κ1) is 26.4. The van der Waals surface area contributed by atoms with Crippen LogP contribution in [0.5, 0.6) is 0 Å². The zero-order valence-corrected chi connectivity index (χ0v) is 20.8. The molecule has 13 heteroatoms. The molecule has 196 valence electrons. The third-order valence-corrected chi connectivity index (χ3v) is 7.11. The van der Waals surface area contributed by atoms with E-state index in [4.69, 9.17) is 19.9 Å². The van der Waals surface area contributed by atoms with Crippen molar-refractivity contribution in [3.05, 3.63) is 42.2 Å². The maximum absolute atomic E-state index is 13.3. The Bertz CT molecular complexity index is 1220. The Hall–Kier alpha value is -3.71. The van der Waals surface area contributed by atoms with Crippen molar-refractivity contribution in [1.82, 2.24) is 15.2 Å². The number of hydrogen-bond donors (Lipinski definition) is 2. The van der Waals surface area contributed by atoms with Crippen molar-refractivity contribution in [2.24, 2.45) is 5.73 Å². The van der Waals surface area contributed by atoms with Crippen molar-refractivity contribution >= 4 is 52.2 Å². The van der Waals surface area contributed by atoms with Gasteiger partial charge in [-0.15, -0.1) is 11.8 Å². The molecule has 2 fully saturated rings. The van der Waals surface area contributed by atoms with Gasteiger partial charge < -0.3 is 30.2 Å². The number of nitrogens with one attached hydrogen (secondary N) is 1. The third-order valence-electron chi connectivity index (χ3n) is 5.83. The second kappa shape index (κ2) is 11.6. The number of carbonyl (C=O) groups is 5. The van der Waals surface area contributed by atoms with Gasteiger partial charge in [-0.05, 0) is 18.4 Å². The van der Waals surface area contributed by atoms with Crippen LogP contribution >= 0.6 is 11.8 Å². The van der Waals surface area contributed by atoms with Crippen LogP contribution in [0.1, 0.15) is 23.8 Å². The van der Waals surface area contributed by atoms with Crippen molar-refractivity contribution in [3.8, 4) is 0 Å². The molecular weight excluding hydrogens is 504 g/mol. The summed E-state index contributed by atoms with van der Waals surface area (Å²) in [6.07, 6.45) is -0.822. The van der Waals surface area contributed by atoms with Crippen LogP contribution in [0, 0.1) is 0 Å². The first-order valence-corrected chi connectivity index (χ1v) is 12.7. The molecule has 3 heterocycles. The lowest BCUT2D eigenvalue weighted by molar-refractivity contribution is -0.164. The minimum absolute atomic E-state index is 0.0293. The van der Waals surface area contributed by atoms with E-state index in [0.717, 1.165) is 22.0 Å². The Morgan fingerprint density at radius 2 is 2.03 bits per heavy atom. The van der Waals surface area contributed by atoms with Crippen LogP contribution in [0.3, 0.4) is 0 Å². The lowest BCUT2D eigenvalue weighted by Gasteiger charge is -2.25. The maximum atomic E-state index is 13.3. The van der Waals surface area contributed by atoms with E-state index < -0.39 is 59.9 Å². The second-order valence-electron chi connectivity index (χ2n) is 8.41. The minimum Gasteiger partial charge on any atom is -0.447 e. The Balaban J connectivity index is 1.48. The van der Waals surface area contributed by atoms with Gasteiger partial charge in [0.15, 0.2) is 11.8 Å². The standard InChI is InChI=1S/C24H26N4O8S/c1-2-34-24-15(9-19(30)36-24)27-18(29)11-28-10-17(21(25)31)37-12-16(22(28)32)35-23(33)20-14-6-4-3-5-13(14)7-8-26-20/h3-8,15-17,24H,2,9-12H2,1H3,(H2,25,31)(H,27,29). The molecule has 3 N–H and O–H groups in total. The topological polar surface area (TPSA) is 167 Å². The highest BCUT2D eigenvalue weighted by molar-refractivity contribution is 8.00. The molecule has 3 amide bonds. The van der Waals surface area contributed by atoms with Crippen LogP contribution in [0.4, 0.5) is 0 Å². The zero-order chi connectivity index (χ0) is 26.5. The summed E-state index contributed by atoms with van der Waals surface area (Å²) in [5.74, 6) is -3.28. The predicted octanol–water partition coefficient (Wildman–Crippen LogP) is -0.0162. The van der Waals surface area contributed by atoms with Crippen LogP contribution in [-0.4, -0.2) is 88.7 Å². The summed E-state index contributed by atoms with van der Waals surface area (Å²) in [6.45, 7) is 1.39. The highest BCUT2D eigenvalue weighted by Crippen LogP contribution is 2.24. The third kappa shape index (κ3) is 6.17. The smallest absolute Gasteiger partial charge is 0.358 e. The number of cyclic esters (lactones) is 1.